The Kier molecular flexibility index (Phi) is 5.25. The maximum Gasteiger partial charge on any atom is 0.338 e. The van der Waals surface area contributed by atoms with Crippen LogP contribution in [0.5, 0.6) is 5.75 Å². The maximum atomic E-state index is 12.6. The van der Waals surface area contributed by atoms with Crippen molar-refractivity contribution in [1.82, 2.24) is 0 Å². The van der Waals surface area contributed by atoms with Gasteiger partial charge < -0.3 is 9.84 Å². The van der Waals surface area contributed by atoms with Gasteiger partial charge in [-0.1, -0.05) is 48.5 Å². The van der Waals surface area contributed by atoms with Crippen molar-refractivity contribution in [2.45, 2.75) is 85.2 Å². The van der Waals surface area contributed by atoms with E-state index in [0.29, 0.717) is 5.56 Å². The first-order valence-corrected chi connectivity index (χ1v) is 8.30. The largest absolute Gasteiger partial charge is 0.507 e. The number of aromatic hydroxyl groups is 1. The molecular weight excluding hydrogens is 288 g/mol. The Balaban J connectivity index is 3.48. The van der Waals surface area contributed by atoms with Crippen LogP contribution in [0.25, 0.3) is 0 Å². The highest BCUT2D eigenvalue weighted by molar-refractivity contribution is 5.91. The van der Waals surface area contributed by atoms with E-state index >= 15 is 0 Å². The molecule has 0 saturated heterocycles. The Morgan fingerprint density at radius 1 is 0.957 bits per heavy atom. The number of carbonyl (C=O) groups excluding carboxylic acids is 1. The van der Waals surface area contributed by atoms with Crippen molar-refractivity contribution in [3.63, 3.8) is 0 Å². The summed E-state index contributed by atoms with van der Waals surface area (Å²) in [5.41, 5.74) is 1.01. The molecule has 0 aliphatic rings. The second-order valence-electron chi connectivity index (χ2n) is 8.92. The number of hydrogen-bond donors (Lipinski definition) is 1. The van der Waals surface area contributed by atoms with E-state index < -0.39 is 5.60 Å². The van der Waals surface area contributed by atoms with Crippen LogP contribution in [0.15, 0.2) is 12.1 Å². The molecule has 23 heavy (non-hydrogen) atoms. The van der Waals surface area contributed by atoms with E-state index in [9.17, 15) is 9.90 Å². The van der Waals surface area contributed by atoms with Crippen LogP contribution in [0.2, 0.25) is 0 Å². The molecule has 1 aromatic carbocycles. The molecule has 0 atom stereocenters. The molecule has 0 spiro atoms. The molecule has 0 aliphatic carbocycles. The lowest BCUT2D eigenvalue weighted by atomic mass is 9.78. The summed E-state index contributed by atoms with van der Waals surface area (Å²) in [6, 6.07) is 3.53. The van der Waals surface area contributed by atoms with E-state index in [1.807, 2.05) is 62.3 Å². The monoisotopic (exact) mass is 320 g/mol. The van der Waals surface area contributed by atoms with Crippen LogP contribution in [0.3, 0.4) is 0 Å². The van der Waals surface area contributed by atoms with E-state index in [-0.39, 0.29) is 22.5 Å². The van der Waals surface area contributed by atoms with Crippen LogP contribution in [0.4, 0.5) is 0 Å². The molecule has 0 radical (unpaired) electrons. The summed E-state index contributed by atoms with van der Waals surface area (Å²) in [6.45, 7) is 18.0. The Morgan fingerprint density at radius 3 is 1.65 bits per heavy atom. The van der Waals surface area contributed by atoms with E-state index in [1.165, 1.54) is 0 Å². The quantitative estimate of drug-likeness (QED) is 0.765. The summed E-state index contributed by atoms with van der Waals surface area (Å²) in [4.78, 5) is 12.6. The molecule has 0 amide bonds. The van der Waals surface area contributed by atoms with Gasteiger partial charge in [-0.25, -0.2) is 4.79 Å². The average molecular weight is 320 g/mol. The van der Waals surface area contributed by atoms with Crippen LogP contribution in [0.1, 0.15) is 90.2 Å². The number of rotatable bonds is 3. The minimum Gasteiger partial charge on any atom is -0.507 e. The smallest absolute Gasteiger partial charge is 0.338 e. The van der Waals surface area contributed by atoms with Gasteiger partial charge in [0.2, 0.25) is 0 Å². The molecule has 1 N–H and O–H groups in total. The minimum atomic E-state index is -0.501. The molecule has 3 heteroatoms. The topological polar surface area (TPSA) is 46.5 Å². The van der Waals surface area contributed by atoms with E-state index in [0.717, 1.165) is 17.5 Å². The summed E-state index contributed by atoms with van der Waals surface area (Å²) in [5.74, 6) is -0.0656. The first kappa shape index (κ1) is 19.5. The Labute approximate surface area is 141 Å². The van der Waals surface area contributed by atoms with Crippen molar-refractivity contribution in [3.05, 3.63) is 28.8 Å². The van der Waals surface area contributed by atoms with E-state index in [4.69, 9.17) is 4.74 Å². The molecule has 0 unspecified atom stereocenters. The molecular formula is C20H32O3. The zero-order valence-corrected chi connectivity index (χ0v) is 16.1. The van der Waals surface area contributed by atoms with Gasteiger partial charge in [-0.05, 0) is 43.2 Å². The fourth-order valence-corrected chi connectivity index (χ4v) is 2.28. The Bertz CT molecular complexity index is 549. The molecule has 130 valence electrons. The third-order valence-electron chi connectivity index (χ3n) is 4.18. The number of ether oxygens (including phenoxy) is 1. The Hall–Kier alpha value is -1.51. The summed E-state index contributed by atoms with van der Waals surface area (Å²) in [6.07, 6.45) is 0.745. The van der Waals surface area contributed by atoms with Crippen LogP contribution in [-0.4, -0.2) is 16.7 Å². The summed E-state index contributed by atoms with van der Waals surface area (Å²) < 4.78 is 5.63. The molecule has 1 rings (SSSR count). The van der Waals surface area contributed by atoms with Gasteiger partial charge in [-0.2, -0.15) is 0 Å². The summed E-state index contributed by atoms with van der Waals surface area (Å²) >= 11 is 0. The fourth-order valence-electron chi connectivity index (χ4n) is 2.28. The lowest BCUT2D eigenvalue weighted by Gasteiger charge is -2.29. The lowest BCUT2D eigenvalue weighted by Crippen LogP contribution is -2.28. The van der Waals surface area contributed by atoms with E-state index in [2.05, 4.69) is 0 Å². The van der Waals surface area contributed by atoms with Crippen LogP contribution in [-0.2, 0) is 15.6 Å². The van der Waals surface area contributed by atoms with Gasteiger partial charge in [0.15, 0.2) is 0 Å². The maximum absolute atomic E-state index is 12.6. The molecule has 0 heterocycles. The molecule has 0 aliphatic heterocycles. The van der Waals surface area contributed by atoms with Gasteiger partial charge in [0.1, 0.15) is 11.4 Å². The van der Waals surface area contributed by atoms with Gasteiger partial charge in [-0.15, -0.1) is 0 Å². The highest BCUT2D eigenvalue weighted by Crippen LogP contribution is 2.40. The SMILES string of the molecule is CCC(C)(C)OC(=O)c1cc(C(C)(C)C)c(O)c(C(C)(C)C)c1. The highest BCUT2D eigenvalue weighted by Gasteiger charge is 2.29. The number of hydrogen-bond acceptors (Lipinski definition) is 3. The van der Waals surface area contributed by atoms with Gasteiger partial charge in [-0.3, -0.25) is 0 Å². The van der Waals surface area contributed by atoms with Gasteiger partial charge >= 0.3 is 5.97 Å². The minimum absolute atomic E-state index is 0.263. The first-order chi connectivity index (χ1) is 10.2. The van der Waals surface area contributed by atoms with Crippen molar-refractivity contribution in [2.75, 3.05) is 0 Å². The lowest BCUT2D eigenvalue weighted by molar-refractivity contribution is -0.00246. The van der Waals surface area contributed by atoms with Crippen molar-refractivity contribution >= 4 is 5.97 Å². The number of esters is 1. The van der Waals surface area contributed by atoms with Gasteiger partial charge in [0, 0.05) is 11.1 Å². The third-order valence-corrected chi connectivity index (χ3v) is 4.18. The average Bonchev–Trinajstić information content (AvgIpc) is 2.35. The van der Waals surface area contributed by atoms with E-state index in [1.54, 1.807) is 12.1 Å². The molecule has 3 nitrogen and oxygen atoms in total. The number of phenolic OH excluding ortho intramolecular Hbond substituents is 1. The number of carbonyl (C=O) groups is 1. The predicted octanol–water partition coefficient (Wildman–Crippen LogP) is 5.33. The Morgan fingerprint density at radius 2 is 1.35 bits per heavy atom. The molecule has 0 aromatic heterocycles. The number of benzene rings is 1. The van der Waals surface area contributed by atoms with Crippen molar-refractivity contribution in [3.8, 4) is 5.75 Å². The van der Waals surface area contributed by atoms with Crippen molar-refractivity contribution in [2.24, 2.45) is 0 Å². The summed E-state index contributed by atoms with van der Waals surface area (Å²) in [7, 11) is 0. The normalized spacial score (nSPS) is 13.1. The van der Waals surface area contributed by atoms with Gasteiger partial charge in [0.25, 0.3) is 0 Å². The highest BCUT2D eigenvalue weighted by atomic mass is 16.6. The van der Waals surface area contributed by atoms with Crippen LogP contribution >= 0.6 is 0 Å². The first-order valence-electron chi connectivity index (χ1n) is 8.30. The predicted molar refractivity (Wildman–Crippen MR) is 95.3 cm³/mol. The summed E-state index contributed by atoms with van der Waals surface area (Å²) in [5, 5.41) is 10.7. The molecule has 0 fully saturated rings. The zero-order chi connectivity index (χ0) is 18.2. The molecule has 1 aromatic rings. The third kappa shape index (κ3) is 4.73. The second kappa shape index (κ2) is 6.18. The number of phenols is 1. The fraction of sp³-hybridized carbons (Fsp3) is 0.650. The van der Waals surface area contributed by atoms with Crippen LogP contribution in [0, 0.1) is 0 Å². The zero-order valence-electron chi connectivity index (χ0n) is 16.1. The molecule has 0 bridgehead atoms. The second-order valence-corrected chi connectivity index (χ2v) is 8.92. The standard InChI is InChI=1S/C20H32O3/c1-10-20(8,9)23-17(22)13-11-14(18(2,3)4)16(21)15(12-13)19(5,6)7/h11-12,21H,10H2,1-9H3. The molecule has 0 saturated carbocycles. The van der Waals surface area contributed by atoms with Gasteiger partial charge in [0.05, 0.1) is 5.56 Å². The van der Waals surface area contributed by atoms with Crippen molar-refractivity contribution in [1.29, 1.82) is 0 Å². The van der Waals surface area contributed by atoms with Crippen molar-refractivity contribution < 1.29 is 14.6 Å². The van der Waals surface area contributed by atoms with Crippen LogP contribution < -0.4 is 0 Å².